The molecule has 1 atom stereocenters. The Morgan fingerprint density at radius 2 is 1.85 bits per heavy atom. The van der Waals surface area contributed by atoms with E-state index in [0.717, 1.165) is 5.52 Å². The van der Waals surface area contributed by atoms with Crippen molar-refractivity contribution in [3.63, 3.8) is 0 Å². The number of anilines is 1. The number of benzene rings is 2. The first-order valence-electron chi connectivity index (χ1n) is 8.52. The van der Waals surface area contributed by atoms with Gasteiger partial charge < -0.3 is 4.42 Å². The molecule has 0 spiro atoms. The van der Waals surface area contributed by atoms with Crippen LogP contribution in [0.15, 0.2) is 58.2 Å². The molecule has 2 amide bonds. The van der Waals surface area contributed by atoms with Gasteiger partial charge in [-0.3, -0.25) is 9.59 Å². The number of oxazole rings is 1. The van der Waals surface area contributed by atoms with Crippen LogP contribution in [0.5, 0.6) is 0 Å². The Morgan fingerprint density at radius 3 is 2.54 bits per heavy atom. The average Bonchev–Trinajstić information content (AvgIpc) is 3.15. The van der Waals surface area contributed by atoms with Gasteiger partial charge in [-0.2, -0.15) is 0 Å². The van der Waals surface area contributed by atoms with Gasteiger partial charge in [-0.1, -0.05) is 49.9 Å². The van der Waals surface area contributed by atoms with Gasteiger partial charge in [0, 0.05) is 6.42 Å². The maximum Gasteiger partial charge on any atom is 0.257 e. The summed E-state index contributed by atoms with van der Waals surface area (Å²) in [5, 5.41) is -0.102. The molecule has 0 bridgehead atoms. The van der Waals surface area contributed by atoms with Gasteiger partial charge >= 0.3 is 0 Å². The van der Waals surface area contributed by atoms with E-state index in [1.54, 1.807) is 0 Å². The van der Waals surface area contributed by atoms with Crippen LogP contribution in [-0.4, -0.2) is 22.0 Å². The normalized spacial score (nSPS) is 17.7. The number of hydrogen-bond donors (Lipinski definition) is 0. The Bertz CT molecular complexity index is 945. The van der Waals surface area contributed by atoms with Gasteiger partial charge in [0.1, 0.15) is 10.8 Å². The number of hydrogen-bond acceptors (Lipinski definition) is 5. The lowest BCUT2D eigenvalue weighted by Crippen LogP contribution is -2.31. The monoisotopic (exact) mass is 366 g/mol. The van der Waals surface area contributed by atoms with Crippen molar-refractivity contribution in [2.75, 3.05) is 4.90 Å². The van der Waals surface area contributed by atoms with E-state index in [1.165, 1.54) is 22.2 Å². The molecule has 132 valence electrons. The number of aromatic nitrogens is 1. The fourth-order valence-electron chi connectivity index (χ4n) is 3.00. The molecule has 0 unspecified atom stereocenters. The molecular formula is C20H18N2O3S. The van der Waals surface area contributed by atoms with Crippen LogP contribution < -0.4 is 4.90 Å². The summed E-state index contributed by atoms with van der Waals surface area (Å²) in [6.45, 7) is 4.21. The third-order valence-electron chi connectivity index (χ3n) is 4.44. The summed E-state index contributed by atoms with van der Waals surface area (Å²) >= 11 is 1.21. The lowest BCUT2D eigenvalue weighted by Gasteiger charge is -2.15. The van der Waals surface area contributed by atoms with Crippen LogP contribution in [0, 0.1) is 0 Å². The smallest absolute Gasteiger partial charge is 0.257 e. The van der Waals surface area contributed by atoms with Crippen LogP contribution in [0.25, 0.3) is 11.1 Å². The van der Waals surface area contributed by atoms with Crippen LogP contribution in [-0.2, 0) is 9.59 Å². The molecule has 3 aromatic rings. The molecule has 0 N–H and O–H groups in total. The Morgan fingerprint density at radius 1 is 1.12 bits per heavy atom. The molecule has 0 radical (unpaired) electrons. The predicted octanol–water partition coefficient (Wildman–Crippen LogP) is 4.38. The Hall–Kier alpha value is -2.60. The number of rotatable bonds is 4. The van der Waals surface area contributed by atoms with Crippen molar-refractivity contribution in [2.45, 2.75) is 36.7 Å². The van der Waals surface area contributed by atoms with E-state index < -0.39 is 5.25 Å². The topological polar surface area (TPSA) is 63.4 Å². The first kappa shape index (κ1) is 16.8. The van der Waals surface area contributed by atoms with Crippen molar-refractivity contribution in [3.05, 3.63) is 54.1 Å². The number of fused-ring (bicyclic) bond motifs is 1. The van der Waals surface area contributed by atoms with E-state index in [1.807, 2.05) is 48.5 Å². The van der Waals surface area contributed by atoms with Crippen molar-refractivity contribution in [1.82, 2.24) is 4.98 Å². The van der Waals surface area contributed by atoms with Crippen molar-refractivity contribution in [2.24, 2.45) is 0 Å². The van der Waals surface area contributed by atoms with Gasteiger partial charge in [0.2, 0.25) is 11.8 Å². The molecular weight excluding hydrogens is 348 g/mol. The lowest BCUT2D eigenvalue weighted by atomic mass is 10.0. The van der Waals surface area contributed by atoms with Crippen LogP contribution in [0.2, 0.25) is 0 Å². The zero-order valence-electron chi connectivity index (χ0n) is 14.5. The van der Waals surface area contributed by atoms with Gasteiger partial charge in [0.05, 0.1) is 5.69 Å². The maximum absolute atomic E-state index is 12.8. The third-order valence-corrected chi connectivity index (χ3v) is 5.47. The molecule has 26 heavy (non-hydrogen) atoms. The number of nitrogens with zero attached hydrogens (tertiary/aromatic N) is 2. The largest absolute Gasteiger partial charge is 0.431 e. The number of amides is 2. The minimum Gasteiger partial charge on any atom is -0.431 e. The SMILES string of the molecule is CC(C)c1ccc(N2C(=O)C[C@H](Sc3nc4ccccc4o3)C2=O)cc1. The van der Waals surface area contributed by atoms with E-state index >= 15 is 0 Å². The fourth-order valence-corrected chi connectivity index (χ4v) is 3.96. The summed E-state index contributed by atoms with van der Waals surface area (Å²) in [5.41, 5.74) is 3.20. The summed E-state index contributed by atoms with van der Waals surface area (Å²) in [4.78, 5) is 30.8. The Balaban J connectivity index is 1.54. The molecule has 2 heterocycles. The third kappa shape index (κ3) is 3.01. The second kappa shape index (κ2) is 6.61. The fraction of sp³-hybridized carbons (Fsp3) is 0.250. The lowest BCUT2D eigenvalue weighted by molar-refractivity contribution is -0.121. The number of carbonyl (C=O) groups excluding carboxylic acids is 2. The van der Waals surface area contributed by atoms with Crippen molar-refractivity contribution in [1.29, 1.82) is 0 Å². The van der Waals surface area contributed by atoms with Gasteiger partial charge in [-0.15, -0.1) is 0 Å². The van der Waals surface area contributed by atoms with Crippen LogP contribution in [0.4, 0.5) is 5.69 Å². The van der Waals surface area contributed by atoms with E-state index in [-0.39, 0.29) is 18.2 Å². The standard InChI is InChI=1S/C20H18N2O3S/c1-12(2)13-7-9-14(10-8-13)22-18(23)11-17(19(22)24)26-20-21-15-5-3-4-6-16(15)25-20/h3-10,12,17H,11H2,1-2H3/t17-/m0/s1. The Kier molecular flexibility index (Phi) is 4.28. The average molecular weight is 366 g/mol. The highest BCUT2D eigenvalue weighted by Crippen LogP contribution is 2.35. The molecule has 2 aromatic carbocycles. The molecule has 1 saturated heterocycles. The molecule has 1 aromatic heterocycles. The van der Waals surface area contributed by atoms with Gasteiger partial charge in [0.15, 0.2) is 5.58 Å². The molecule has 4 rings (SSSR count). The zero-order chi connectivity index (χ0) is 18.3. The van der Waals surface area contributed by atoms with Crippen LogP contribution in [0.1, 0.15) is 31.7 Å². The molecule has 0 saturated carbocycles. The molecule has 1 aliphatic rings. The second-order valence-electron chi connectivity index (χ2n) is 6.57. The summed E-state index contributed by atoms with van der Waals surface area (Å²) in [6, 6.07) is 15.0. The summed E-state index contributed by atoms with van der Waals surface area (Å²) in [5.74, 6) is -0.0167. The quantitative estimate of drug-likeness (QED) is 0.641. The summed E-state index contributed by atoms with van der Waals surface area (Å²) in [6.07, 6.45) is 0.147. The predicted molar refractivity (Wildman–Crippen MR) is 101 cm³/mol. The minimum atomic E-state index is -0.514. The van der Waals surface area contributed by atoms with Gasteiger partial charge in [-0.25, -0.2) is 9.88 Å². The minimum absolute atomic E-state index is 0.147. The molecule has 1 fully saturated rings. The zero-order valence-corrected chi connectivity index (χ0v) is 15.3. The Labute approximate surface area is 155 Å². The first-order valence-corrected chi connectivity index (χ1v) is 9.40. The second-order valence-corrected chi connectivity index (χ2v) is 7.73. The molecule has 1 aliphatic heterocycles. The van der Waals surface area contributed by atoms with Gasteiger partial charge in [0.25, 0.3) is 5.22 Å². The number of thioether (sulfide) groups is 1. The van der Waals surface area contributed by atoms with Crippen molar-refractivity contribution in [3.8, 4) is 0 Å². The number of para-hydroxylation sites is 2. The maximum atomic E-state index is 12.8. The van der Waals surface area contributed by atoms with Crippen LogP contribution >= 0.6 is 11.8 Å². The summed E-state index contributed by atoms with van der Waals surface area (Å²) in [7, 11) is 0. The molecule has 6 heteroatoms. The van der Waals surface area contributed by atoms with Gasteiger partial charge in [-0.05, 0) is 35.7 Å². The van der Waals surface area contributed by atoms with Crippen molar-refractivity contribution < 1.29 is 14.0 Å². The first-order chi connectivity index (χ1) is 12.5. The van der Waals surface area contributed by atoms with E-state index in [0.29, 0.717) is 22.4 Å². The highest BCUT2D eigenvalue weighted by atomic mass is 32.2. The number of imide groups is 1. The highest BCUT2D eigenvalue weighted by molar-refractivity contribution is 8.00. The van der Waals surface area contributed by atoms with E-state index in [9.17, 15) is 9.59 Å². The van der Waals surface area contributed by atoms with E-state index in [2.05, 4.69) is 18.8 Å². The van der Waals surface area contributed by atoms with Crippen LogP contribution in [0.3, 0.4) is 0 Å². The molecule has 0 aliphatic carbocycles. The summed E-state index contributed by atoms with van der Waals surface area (Å²) < 4.78 is 5.67. The number of carbonyl (C=O) groups is 2. The molecule has 5 nitrogen and oxygen atoms in total. The van der Waals surface area contributed by atoms with Crippen molar-refractivity contribution >= 4 is 40.4 Å². The highest BCUT2D eigenvalue weighted by Gasteiger charge is 2.41. The van der Waals surface area contributed by atoms with E-state index in [4.69, 9.17) is 4.42 Å².